The number of hydrogen-bond acceptors (Lipinski definition) is 2. The average molecular weight is 461 g/mol. The summed E-state index contributed by atoms with van der Waals surface area (Å²) in [6.07, 6.45) is -4.76. The molecule has 1 aromatic heterocycles. The first kappa shape index (κ1) is 21.6. The molecule has 32 heavy (non-hydrogen) atoms. The second-order valence-electron chi connectivity index (χ2n) is 6.91. The van der Waals surface area contributed by atoms with Crippen LogP contribution in [0.1, 0.15) is 32.0 Å². The lowest BCUT2D eigenvalue weighted by molar-refractivity contribution is -0.137. The fourth-order valence-electron chi connectivity index (χ4n) is 3.26. The van der Waals surface area contributed by atoms with Crippen LogP contribution < -0.4 is 5.32 Å². The molecule has 0 saturated carbocycles. The van der Waals surface area contributed by atoms with Crippen molar-refractivity contribution in [1.29, 1.82) is 0 Å². The predicted molar refractivity (Wildman–Crippen MR) is 113 cm³/mol. The van der Waals surface area contributed by atoms with Crippen LogP contribution in [0, 0.1) is 5.82 Å². The van der Waals surface area contributed by atoms with E-state index in [1.807, 2.05) is 0 Å². The zero-order chi connectivity index (χ0) is 23.0. The van der Waals surface area contributed by atoms with Crippen LogP contribution in [0.25, 0.3) is 10.9 Å². The van der Waals surface area contributed by atoms with Crippen LogP contribution in [0.2, 0.25) is 5.02 Å². The molecule has 4 aromatic rings. The molecule has 4 nitrogen and oxygen atoms in total. The third kappa shape index (κ3) is 4.09. The number of halogens is 5. The van der Waals surface area contributed by atoms with Crippen molar-refractivity contribution in [3.05, 3.63) is 100.0 Å². The fourth-order valence-corrected chi connectivity index (χ4v) is 3.43. The molecular weight excluding hydrogens is 448 g/mol. The van der Waals surface area contributed by atoms with Gasteiger partial charge in [-0.1, -0.05) is 41.9 Å². The maximum Gasteiger partial charge on any atom is 0.416 e. The van der Waals surface area contributed by atoms with Crippen LogP contribution in [-0.2, 0) is 6.18 Å². The third-order valence-electron chi connectivity index (χ3n) is 4.80. The molecule has 1 heterocycles. The highest BCUT2D eigenvalue weighted by atomic mass is 35.5. The van der Waals surface area contributed by atoms with Gasteiger partial charge in [-0.3, -0.25) is 9.59 Å². The number of hydrogen-bond donors (Lipinski definition) is 2. The maximum absolute atomic E-state index is 14.2. The first-order valence-electron chi connectivity index (χ1n) is 9.24. The summed E-state index contributed by atoms with van der Waals surface area (Å²) in [6, 6.07) is 14.3. The molecule has 1 amide bonds. The van der Waals surface area contributed by atoms with E-state index in [1.54, 1.807) is 30.3 Å². The number of aromatic amines is 1. The van der Waals surface area contributed by atoms with Gasteiger partial charge in [0.2, 0.25) is 5.78 Å². The Morgan fingerprint density at radius 1 is 0.938 bits per heavy atom. The highest BCUT2D eigenvalue weighted by Gasteiger charge is 2.32. The summed E-state index contributed by atoms with van der Waals surface area (Å²) in [5, 5.41) is 3.14. The van der Waals surface area contributed by atoms with Gasteiger partial charge < -0.3 is 10.3 Å². The van der Waals surface area contributed by atoms with Crippen molar-refractivity contribution in [2.24, 2.45) is 0 Å². The monoisotopic (exact) mass is 460 g/mol. The number of aromatic nitrogens is 1. The zero-order valence-corrected chi connectivity index (χ0v) is 16.8. The summed E-state index contributed by atoms with van der Waals surface area (Å²) in [5.41, 5.74) is -1.26. The predicted octanol–water partition coefficient (Wildman–Crippen LogP) is 6.46. The van der Waals surface area contributed by atoms with Crippen LogP contribution in [0.3, 0.4) is 0 Å². The summed E-state index contributed by atoms with van der Waals surface area (Å²) >= 11 is 6.01. The molecule has 0 saturated heterocycles. The highest BCUT2D eigenvalue weighted by Crippen LogP contribution is 2.33. The zero-order valence-electron chi connectivity index (χ0n) is 16.1. The van der Waals surface area contributed by atoms with E-state index in [4.69, 9.17) is 11.6 Å². The van der Waals surface area contributed by atoms with Gasteiger partial charge in [0.15, 0.2) is 0 Å². The molecule has 0 bridgehead atoms. The lowest BCUT2D eigenvalue weighted by Crippen LogP contribution is -2.17. The summed E-state index contributed by atoms with van der Waals surface area (Å²) in [4.78, 5) is 28.7. The van der Waals surface area contributed by atoms with E-state index in [0.717, 1.165) is 0 Å². The molecule has 0 radical (unpaired) electrons. The third-order valence-corrected chi connectivity index (χ3v) is 5.04. The number of H-pyrrole nitrogens is 1. The Morgan fingerprint density at radius 2 is 1.66 bits per heavy atom. The number of alkyl halides is 3. The van der Waals surface area contributed by atoms with Gasteiger partial charge in [-0.25, -0.2) is 4.39 Å². The quantitative estimate of drug-likeness (QED) is 0.271. The Morgan fingerprint density at radius 3 is 2.34 bits per heavy atom. The van der Waals surface area contributed by atoms with Crippen molar-refractivity contribution in [3.63, 3.8) is 0 Å². The molecule has 0 aliphatic rings. The first-order chi connectivity index (χ1) is 15.1. The van der Waals surface area contributed by atoms with Gasteiger partial charge in [0.05, 0.1) is 16.8 Å². The lowest BCUT2D eigenvalue weighted by Gasteiger charge is -2.11. The molecule has 0 spiro atoms. The molecule has 3 aromatic carbocycles. The topological polar surface area (TPSA) is 62.0 Å². The van der Waals surface area contributed by atoms with E-state index in [2.05, 4.69) is 10.3 Å². The Labute approximate surface area is 183 Å². The molecule has 0 aliphatic heterocycles. The molecule has 2 N–H and O–H groups in total. The normalized spacial score (nSPS) is 11.5. The number of amides is 1. The van der Waals surface area contributed by atoms with Crippen LogP contribution in [0.15, 0.2) is 66.7 Å². The van der Waals surface area contributed by atoms with Crippen molar-refractivity contribution in [2.45, 2.75) is 6.18 Å². The average Bonchev–Trinajstić information content (AvgIpc) is 3.10. The molecule has 9 heteroatoms. The summed E-state index contributed by atoms with van der Waals surface area (Å²) in [7, 11) is 0. The van der Waals surface area contributed by atoms with Crippen LogP contribution >= 0.6 is 11.6 Å². The SMILES string of the molecule is O=C(Nc1c(C(=O)c2ccccc2)[nH]c2cc(Cl)ccc12)c1cc(C(F)(F)F)ccc1F. The number of carbonyl (C=O) groups is 2. The van der Waals surface area contributed by atoms with E-state index in [0.29, 0.717) is 39.7 Å². The largest absolute Gasteiger partial charge is 0.416 e. The Hall–Kier alpha value is -3.65. The molecule has 162 valence electrons. The van der Waals surface area contributed by atoms with Gasteiger partial charge in [0, 0.05) is 21.5 Å². The van der Waals surface area contributed by atoms with E-state index < -0.39 is 34.8 Å². The number of fused-ring (bicyclic) bond motifs is 1. The van der Waals surface area contributed by atoms with Gasteiger partial charge in [-0.15, -0.1) is 0 Å². The minimum absolute atomic E-state index is 0.00679. The highest BCUT2D eigenvalue weighted by molar-refractivity contribution is 6.31. The van der Waals surface area contributed by atoms with Crippen molar-refractivity contribution in [3.8, 4) is 0 Å². The van der Waals surface area contributed by atoms with E-state index in [-0.39, 0.29) is 11.4 Å². The minimum atomic E-state index is -4.76. The number of anilines is 1. The van der Waals surface area contributed by atoms with Crippen LogP contribution in [0.4, 0.5) is 23.2 Å². The summed E-state index contributed by atoms with van der Waals surface area (Å²) in [6.45, 7) is 0. The van der Waals surface area contributed by atoms with Gasteiger partial charge in [-0.2, -0.15) is 13.2 Å². The maximum atomic E-state index is 14.2. The molecule has 0 aliphatic carbocycles. The number of nitrogens with one attached hydrogen (secondary N) is 2. The van der Waals surface area contributed by atoms with Crippen molar-refractivity contribution in [2.75, 3.05) is 5.32 Å². The second-order valence-corrected chi connectivity index (χ2v) is 7.34. The van der Waals surface area contributed by atoms with Gasteiger partial charge in [-0.05, 0) is 36.4 Å². The van der Waals surface area contributed by atoms with E-state index in [1.165, 1.54) is 18.2 Å². The van der Waals surface area contributed by atoms with Crippen LogP contribution in [-0.4, -0.2) is 16.7 Å². The lowest BCUT2D eigenvalue weighted by atomic mass is 10.1. The van der Waals surface area contributed by atoms with Crippen molar-refractivity contribution >= 4 is 39.9 Å². The molecular formula is C23H13ClF4N2O2. The van der Waals surface area contributed by atoms with Gasteiger partial charge in [0.1, 0.15) is 11.5 Å². The van der Waals surface area contributed by atoms with Crippen LogP contribution in [0.5, 0.6) is 0 Å². The first-order valence-corrected chi connectivity index (χ1v) is 9.62. The fraction of sp³-hybridized carbons (Fsp3) is 0.0435. The smallest absolute Gasteiger partial charge is 0.350 e. The number of ketones is 1. The Bertz CT molecular complexity index is 1350. The minimum Gasteiger partial charge on any atom is -0.350 e. The van der Waals surface area contributed by atoms with Gasteiger partial charge >= 0.3 is 6.18 Å². The molecule has 0 atom stereocenters. The number of rotatable bonds is 4. The number of benzene rings is 3. The molecule has 0 fully saturated rings. The van der Waals surface area contributed by atoms with Gasteiger partial charge in [0.25, 0.3) is 5.91 Å². The molecule has 4 rings (SSSR count). The summed E-state index contributed by atoms with van der Waals surface area (Å²) in [5.74, 6) is -2.74. The van der Waals surface area contributed by atoms with E-state index in [9.17, 15) is 27.2 Å². The molecule has 0 unspecified atom stereocenters. The standard InChI is InChI=1S/C23H13ClF4N2O2/c24-14-7-8-15-18(11-14)29-20(21(31)12-4-2-1-3-5-12)19(15)30-22(32)16-10-13(23(26,27)28)6-9-17(16)25/h1-11,29H,(H,30,32). The summed E-state index contributed by atoms with van der Waals surface area (Å²) < 4.78 is 53.3. The second kappa shape index (κ2) is 8.12. The Kier molecular flexibility index (Phi) is 5.48. The van der Waals surface area contributed by atoms with Crippen molar-refractivity contribution < 1.29 is 27.2 Å². The van der Waals surface area contributed by atoms with Crippen molar-refractivity contribution in [1.82, 2.24) is 4.98 Å². The Balaban J connectivity index is 1.81. The van der Waals surface area contributed by atoms with E-state index >= 15 is 0 Å². The number of carbonyl (C=O) groups excluding carboxylic acids is 2.